The van der Waals surface area contributed by atoms with Crippen molar-refractivity contribution < 1.29 is 0 Å². The molecule has 1 aromatic heterocycles. The van der Waals surface area contributed by atoms with Crippen molar-refractivity contribution in [3.8, 4) is 0 Å². The molecule has 1 rings (SSSR count). The summed E-state index contributed by atoms with van der Waals surface area (Å²) in [6, 6.07) is 0. The maximum Gasteiger partial charge on any atom is 0.150 e. The Labute approximate surface area is 95.3 Å². The van der Waals surface area contributed by atoms with Crippen molar-refractivity contribution in [1.29, 1.82) is 0 Å². The molecule has 0 fully saturated rings. The summed E-state index contributed by atoms with van der Waals surface area (Å²) in [6.07, 6.45) is 2.44. The summed E-state index contributed by atoms with van der Waals surface area (Å²) in [5, 5.41) is 3.54. The highest BCUT2D eigenvalue weighted by atomic mass is 35.5. The number of nitrogens with one attached hydrogen (secondary N) is 1. The van der Waals surface area contributed by atoms with Gasteiger partial charge in [0.2, 0.25) is 0 Å². The molecule has 0 amide bonds. The molecule has 84 valence electrons. The smallest absolute Gasteiger partial charge is 0.150 e. The number of aromatic nitrogens is 2. The van der Waals surface area contributed by atoms with Gasteiger partial charge in [0.05, 0.1) is 0 Å². The molecular formula is C10H17ClN4. The van der Waals surface area contributed by atoms with Gasteiger partial charge in [0.25, 0.3) is 0 Å². The van der Waals surface area contributed by atoms with Crippen molar-refractivity contribution >= 4 is 23.2 Å². The first-order valence-electron chi connectivity index (χ1n) is 4.90. The number of nitrogens with zero attached hydrogens (tertiary/aromatic N) is 2. The summed E-state index contributed by atoms with van der Waals surface area (Å²) in [5.74, 6) is 0.915. The molecule has 3 N–H and O–H groups in total. The van der Waals surface area contributed by atoms with Gasteiger partial charge in [0, 0.05) is 6.54 Å². The van der Waals surface area contributed by atoms with Gasteiger partial charge in [0.15, 0.2) is 0 Å². The van der Waals surface area contributed by atoms with Gasteiger partial charge < -0.3 is 11.1 Å². The summed E-state index contributed by atoms with van der Waals surface area (Å²) >= 11 is 5.93. The van der Waals surface area contributed by atoms with E-state index < -0.39 is 0 Å². The van der Waals surface area contributed by atoms with E-state index in [0.29, 0.717) is 16.7 Å². The zero-order valence-electron chi connectivity index (χ0n) is 9.34. The van der Waals surface area contributed by atoms with Crippen LogP contribution in [0.2, 0.25) is 5.02 Å². The molecule has 0 atom stereocenters. The number of anilines is 2. The van der Waals surface area contributed by atoms with E-state index in [-0.39, 0.29) is 5.41 Å². The third kappa shape index (κ3) is 3.91. The first kappa shape index (κ1) is 12.0. The lowest BCUT2D eigenvalue weighted by Crippen LogP contribution is -2.14. The summed E-state index contributed by atoms with van der Waals surface area (Å²) in [5.41, 5.74) is 5.84. The zero-order chi connectivity index (χ0) is 11.5. The molecule has 0 aliphatic carbocycles. The molecule has 5 heteroatoms. The Morgan fingerprint density at radius 1 is 1.40 bits per heavy atom. The standard InChI is InChI=1S/C10H17ClN4/c1-10(2,3)4-5-13-9-7(11)8(12)14-6-15-9/h6H,4-5H2,1-3H3,(H3,12,13,14,15). The zero-order valence-corrected chi connectivity index (χ0v) is 10.1. The molecule has 15 heavy (non-hydrogen) atoms. The van der Waals surface area contributed by atoms with Crippen LogP contribution in [-0.2, 0) is 0 Å². The van der Waals surface area contributed by atoms with Crippen molar-refractivity contribution in [2.24, 2.45) is 5.41 Å². The van der Waals surface area contributed by atoms with Crippen LogP contribution in [0.5, 0.6) is 0 Å². The van der Waals surface area contributed by atoms with Gasteiger partial charge in [-0.25, -0.2) is 9.97 Å². The minimum atomic E-state index is 0.290. The summed E-state index contributed by atoms with van der Waals surface area (Å²) in [4.78, 5) is 7.82. The third-order valence-electron chi connectivity index (χ3n) is 1.98. The van der Waals surface area contributed by atoms with Gasteiger partial charge >= 0.3 is 0 Å². The largest absolute Gasteiger partial charge is 0.382 e. The Morgan fingerprint density at radius 2 is 2.07 bits per heavy atom. The van der Waals surface area contributed by atoms with E-state index in [0.717, 1.165) is 13.0 Å². The number of hydrogen-bond donors (Lipinski definition) is 2. The van der Waals surface area contributed by atoms with E-state index in [4.69, 9.17) is 17.3 Å². The molecule has 0 aliphatic heterocycles. The number of rotatable bonds is 3. The van der Waals surface area contributed by atoms with Gasteiger partial charge in [0.1, 0.15) is 23.0 Å². The Hall–Kier alpha value is -1.03. The molecule has 0 bridgehead atoms. The first-order valence-corrected chi connectivity index (χ1v) is 5.28. The highest BCUT2D eigenvalue weighted by molar-refractivity contribution is 6.35. The summed E-state index contributed by atoms with van der Waals surface area (Å²) in [7, 11) is 0. The Balaban J connectivity index is 2.55. The number of nitrogens with two attached hydrogens (primary N) is 1. The molecular weight excluding hydrogens is 212 g/mol. The van der Waals surface area contributed by atoms with Crippen molar-refractivity contribution in [3.05, 3.63) is 11.3 Å². The number of nitrogen functional groups attached to an aromatic ring is 1. The van der Waals surface area contributed by atoms with E-state index in [2.05, 4.69) is 36.1 Å². The maximum atomic E-state index is 5.93. The van der Waals surface area contributed by atoms with Gasteiger partial charge in [-0.15, -0.1) is 0 Å². The van der Waals surface area contributed by atoms with Crippen LogP contribution in [0.4, 0.5) is 11.6 Å². The molecule has 1 heterocycles. The second kappa shape index (κ2) is 4.66. The molecule has 0 saturated carbocycles. The van der Waals surface area contributed by atoms with Crippen LogP contribution in [0.1, 0.15) is 27.2 Å². The summed E-state index contributed by atoms with van der Waals surface area (Å²) < 4.78 is 0. The van der Waals surface area contributed by atoms with Crippen LogP contribution >= 0.6 is 11.6 Å². The van der Waals surface area contributed by atoms with Crippen LogP contribution in [0.3, 0.4) is 0 Å². The van der Waals surface area contributed by atoms with E-state index in [1.807, 2.05) is 0 Å². The fourth-order valence-electron chi connectivity index (χ4n) is 1.06. The maximum absolute atomic E-state index is 5.93. The Bertz CT molecular complexity index is 333. The average molecular weight is 229 g/mol. The van der Waals surface area contributed by atoms with E-state index in [9.17, 15) is 0 Å². The molecule has 0 saturated heterocycles. The lowest BCUT2D eigenvalue weighted by Gasteiger charge is -2.18. The molecule has 4 nitrogen and oxygen atoms in total. The third-order valence-corrected chi connectivity index (χ3v) is 2.36. The van der Waals surface area contributed by atoms with Crippen molar-refractivity contribution in [2.45, 2.75) is 27.2 Å². The Morgan fingerprint density at radius 3 is 2.67 bits per heavy atom. The predicted octanol–water partition coefficient (Wildman–Crippen LogP) is 2.56. The Kier molecular flexibility index (Phi) is 3.74. The highest BCUT2D eigenvalue weighted by Crippen LogP contribution is 2.24. The lowest BCUT2D eigenvalue weighted by molar-refractivity contribution is 0.389. The van der Waals surface area contributed by atoms with E-state index in [1.165, 1.54) is 6.33 Å². The van der Waals surface area contributed by atoms with Crippen LogP contribution in [0, 0.1) is 5.41 Å². The molecule has 1 aromatic rings. The molecule has 0 spiro atoms. The second-order valence-electron chi connectivity index (χ2n) is 4.66. The fraction of sp³-hybridized carbons (Fsp3) is 0.600. The first-order chi connectivity index (χ1) is 6.90. The monoisotopic (exact) mass is 228 g/mol. The summed E-state index contributed by atoms with van der Waals surface area (Å²) in [6.45, 7) is 7.37. The van der Waals surface area contributed by atoms with Crippen LogP contribution in [-0.4, -0.2) is 16.5 Å². The van der Waals surface area contributed by atoms with Crippen molar-refractivity contribution in [3.63, 3.8) is 0 Å². The highest BCUT2D eigenvalue weighted by Gasteiger charge is 2.11. The van der Waals surface area contributed by atoms with Crippen LogP contribution in [0.15, 0.2) is 6.33 Å². The van der Waals surface area contributed by atoms with Crippen molar-refractivity contribution in [1.82, 2.24) is 9.97 Å². The normalized spacial score (nSPS) is 11.5. The van der Waals surface area contributed by atoms with E-state index in [1.54, 1.807) is 0 Å². The van der Waals surface area contributed by atoms with Gasteiger partial charge in [-0.3, -0.25) is 0 Å². The fourth-order valence-corrected chi connectivity index (χ4v) is 1.23. The van der Waals surface area contributed by atoms with Gasteiger partial charge in [-0.2, -0.15) is 0 Å². The topological polar surface area (TPSA) is 63.8 Å². The van der Waals surface area contributed by atoms with Crippen molar-refractivity contribution in [2.75, 3.05) is 17.6 Å². The van der Waals surface area contributed by atoms with E-state index >= 15 is 0 Å². The molecule has 0 unspecified atom stereocenters. The van der Waals surface area contributed by atoms with Crippen LogP contribution < -0.4 is 11.1 Å². The lowest BCUT2D eigenvalue weighted by atomic mass is 9.92. The molecule has 0 aromatic carbocycles. The quantitative estimate of drug-likeness (QED) is 0.835. The molecule has 0 aliphatic rings. The van der Waals surface area contributed by atoms with Gasteiger partial charge in [-0.1, -0.05) is 32.4 Å². The number of halogens is 1. The second-order valence-corrected chi connectivity index (χ2v) is 5.04. The minimum absolute atomic E-state index is 0.290. The SMILES string of the molecule is CC(C)(C)CCNc1ncnc(N)c1Cl. The number of hydrogen-bond acceptors (Lipinski definition) is 4. The predicted molar refractivity (Wildman–Crippen MR) is 64.0 cm³/mol. The molecule has 0 radical (unpaired) electrons. The average Bonchev–Trinajstić information content (AvgIpc) is 2.10. The van der Waals surface area contributed by atoms with Crippen LogP contribution in [0.25, 0.3) is 0 Å². The van der Waals surface area contributed by atoms with Gasteiger partial charge in [-0.05, 0) is 11.8 Å². The minimum Gasteiger partial charge on any atom is -0.382 e.